The molecule has 2 nitrogen and oxygen atoms in total. The Balaban J connectivity index is 2.18. The van der Waals surface area contributed by atoms with Crippen molar-refractivity contribution in [2.45, 2.75) is 27.3 Å². The van der Waals surface area contributed by atoms with Gasteiger partial charge in [-0.1, -0.05) is 41.1 Å². The normalized spacial score (nSPS) is 10.6. The van der Waals surface area contributed by atoms with Gasteiger partial charge >= 0.3 is 0 Å². The molecule has 0 aliphatic heterocycles. The minimum atomic E-state index is 0.853. The van der Waals surface area contributed by atoms with Crippen LogP contribution < -0.4 is 10.1 Å². The molecule has 0 saturated heterocycles. The van der Waals surface area contributed by atoms with Crippen LogP contribution in [0.1, 0.15) is 23.6 Å². The van der Waals surface area contributed by atoms with E-state index in [4.69, 9.17) is 4.74 Å². The van der Waals surface area contributed by atoms with Crippen LogP contribution in [-0.2, 0) is 6.54 Å². The van der Waals surface area contributed by atoms with Crippen molar-refractivity contribution in [3.8, 4) is 11.5 Å². The minimum Gasteiger partial charge on any atom is -0.457 e. The maximum atomic E-state index is 5.98. The second-order valence-electron chi connectivity index (χ2n) is 4.83. The molecule has 2 aromatic carbocycles. The lowest BCUT2D eigenvalue weighted by Gasteiger charge is -2.12. The summed E-state index contributed by atoms with van der Waals surface area (Å²) in [6.07, 6.45) is 0. The van der Waals surface area contributed by atoms with Crippen molar-refractivity contribution in [2.75, 3.05) is 6.54 Å². The summed E-state index contributed by atoms with van der Waals surface area (Å²) in [4.78, 5) is 0. The topological polar surface area (TPSA) is 21.3 Å². The lowest BCUT2D eigenvalue weighted by Crippen LogP contribution is -2.11. The molecule has 1 N–H and O–H groups in total. The standard InChI is InChI=1S/C17H20BrNO/c1-4-19-11-14-8-9-15(10-16(14)18)20-17-7-5-6-12(2)13(17)3/h5-10,19H,4,11H2,1-3H3. The van der Waals surface area contributed by atoms with E-state index in [1.165, 1.54) is 16.7 Å². The minimum absolute atomic E-state index is 0.853. The smallest absolute Gasteiger partial charge is 0.130 e. The van der Waals surface area contributed by atoms with Gasteiger partial charge in [-0.2, -0.15) is 0 Å². The predicted octanol–water partition coefficient (Wildman–Crippen LogP) is 4.97. The number of rotatable bonds is 5. The second kappa shape index (κ2) is 6.91. The van der Waals surface area contributed by atoms with E-state index >= 15 is 0 Å². The Bertz CT molecular complexity index is 596. The van der Waals surface area contributed by atoms with E-state index < -0.39 is 0 Å². The molecule has 106 valence electrons. The number of benzene rings is 2. The van der Waals surface area contributed by atoms with Crippen molar-refractivity contribution in [3.05, 3.63) is 57.6 Å². The maximum Gasteiger partial charge on any atom is 0.130 e. The molecular weight excluding hydrogens is 314 g/mol. The fraction of sp³-hybridized carbons (Fsp3) is 0.294. The lowest BCUT2D eigenvalue weighted by atomic mass is 10.1. The van der Waals surface area contributed by atoms with Crippen molar-refractivity contribution in [1.29, 1.82) is 0 Å². The fourth-order valence-electron chi connectivity index (χ4n) is 1.96. The molecule has 0 saturated carbocycles. The van der Waals surface area contributed by atoms with Gasteiger partial charge in [0.2, 0.25) is 0 Å². The average molecular weight is 334 g/mol. The van der Waals surface area contributed by atoms with E-state index in [0.717, 1.165) is 29.1 Å². The molecular formula is C17H20BrNO. The highest BCUT2D eigenvalue weighted by Gasteiger charge is 2.06. The van der Waals surface area contributed by atoms with Crippen LogP contribution in [0.2, 0.25) is 0 Å². The molecule has 3 heteroatoms. The van der Waals surface area contributed by atoms with E-state index in [9.17, 15) is 0 Å². The first-order valence-corrected chi connectivity index (χ1v) is 7.64. The molecule has 0 unspecified atom stereocenters. The van der Waals surface area contributed by atoms with Crippen LogP contribution in [0.3, 0.4) is 0 Å². The predicted molar refractivity (Wildman–Crippen MR) is 87.5 cm³/mol. The van der Waals surface area contributed by atoms with Gasteiger partial charge in [-0.05, 0) is 55.3 Å². The zero-order chi connectivity index (χ0) is 14.5. The summed E-state index contributed by atoms with van der Waals surface area (Å²) in [6, 6.07) is 12.2. The second-order valence-corrected chi connectivity index (χ2v) is 5.69. The zero-order valence-electron chi connectivity index (χ0n) is 12.2. The molecule has 0 aliphatic carbocycles. The Morgan fingerprint density at radius 3 is 2.65 bits per heavy atom. The zero-order valence-corrected chi connectivity index (χ0v) is 13.8. The third kappa shape index (κ3) is 3.62. The molecule has 2 aromatic rings. The van der Waals surface area contributed by atoms with Crippen molar-refractivity contribution in [2.24, 2.45) is 0 Å². The van der Waals surface area contributed by atoms with Crippen LogP contribution in [0, 0.1) is 13.8 Å². The molecule has 0 heterocycles. The molecule has 0 fully saturated rings. The Hall–Kier alpha value is -1.32. The summed E-state index contributed by atoms with van der Waals surface area (Å²) in [6.45, 7) is 8.11. The third-order valence-corrected chi connectivity index (χ3v) is 4.11. The van der Waals surface area contributed by atoms with Crippen LogP contribution in [-0.4, -0.2) is 6.54 Å². The van der Waals surface area contributed by atoms with Gasteiger partial charge in [0.1, 0.15) is 11.5 Å². The molecule has 0 spiro atoms. The fourth-order valence-corrected chi connectivity index (χ4v) is 2.45. The largest absolute Gasteiger partial charge is 0.457 e. The monoisotopic (exact) mass is 333 g/mol. The average Bonchev–Trinajstić information content (AvgIpc) is 2.43. The molecule has 0 amide bonds. The van der Waals surface area contributed by atoms with Gasteiger partial charge < -0.3 is 10.1 Å². The highest BCUT2D eigenvalue weighted by Crippen LogP contribution is 2.30. The van der Waals surface area contributed by atoms with E-state index in [1.54, 1.807) is 0 Å². The molecule has 0 aromatic heterocycles. The van der Waals surface area contributed by atoms with Crippen LogP contribution in [0.5, 0.6) is 11.5 Å². The van der Waals surface area contributed by atoms with Crippen molar-refractivity contribution < 1.29 is 4.74 Å². The van der Waals surface area contributed by atoms with E-state index in [1.807, 2.05) is 24.3 Å². The molecule has 2 rings (SSSR count). The number of aryl methyl sites for hydroxylation is 1. The van der Waals surface area contributed by atoms with Crippen molar-refractivity contribution >= 4 is 15.9 Å². The van der Waals surface area contributed by atoms with E-state index in [2.05, 4.69) is 54.2 Å². The van der Waals surface area contributed by atoms with Crippen LogP contribution in [0.15, 0.2) is 40.9 Å². The Morgan fingerprint density at radius 1 is 1.15 bits per heavy atom. The Morgan fingerprint density at radius 2 is 1.95 bits per heavy atom. The van der Waals surface area contributed by atoms with Gasteiger partial charge in [0.25, 0.3) is 0 Å². The number of hydrogen-bond donors (Lipinski definition) is 1. The van der Waals surface area contributed by atoms with Crippen LogP contribution in [0.25, 0.3) is 0 Å². The number of hydrogen-bond acceptors (Lipinski definition) is 2. The van der Waals surface area contributed by atoms with E-state index in [0.29, 0.717) is 0 Å². The van der Waals surface area contributed by atoms with Crippen LogP contribution in [0.4, 0.5) is 0 Å². The van der Waals surface area contributed by atoms with Gasteiger partial charge in [0.15, 0.2) is 0 Å². The molecule has 0 aliphatic rings. The van der Waals surface area contributed by atoms with Gasteiger partial charge in [0, 0.05) is 11.0 Å². The summed E-state index contributed by atoms with van der Waals surface area (Å²) in [7, 11) is 0. The quantitative estimate of drug-likeness (QED) is 0.834. The third-order valence-electron chi connectivity index (χ3n) is 3.37. The number of nitrogens with one attached hydrogen (secondary N) is 1. The summed E-state index contributed by atoms with van der Waals surface area (Å²) < 4.78 is 7.05. The van der Waals surface area contributed by atoms with Gasteiger partial charge in [-0.25, -0.2) is 0 Å². The van der Waals surface area contributed by atoms with Gasteiger partial charge in [-0.15, -0.1) is 0 Å². The first-order chi connectivity index (χ1) is 9.61. The molecule has 20 heavy (non-hydrogen) atoms. The SMILES string of the molecule is CCNCc1ccc(Oc2cccc(C)c2C)cc1Br. The lowest BCUT2D eigenvalue weighted by molar-refractivity contribution is 0.477. The summed E-state index contributed by atoms with van der Waals surface area (Å²) in [5, 5.41) is 3.32. The highest BCUT2D eigenvalue weighted by molar-refractivity contribution is 9.10. The Labute approximate surface area is 129 Å². The first-order valence-electron chi connectivity index (χ1n) is 6.85. The molecule has 0 atom stereocenters. The van der Waals surface area contributed by atoms with Gasteiger partial charge in [-0.3, -0.25) is 0 Å². The number of halogens is 1. The maximum absolute atomic E-state index is 5.98. The van der Waals surface area contributed by atoms with E-state index in [-0.39, 0.29) is 0 Å². The summed E-state index contributed by atoms with van der Waals surface area (Å²) >= 11 is 3.60. The summed E-state index contributed by atoms with van der Waals surface area (Å²) in [5.41, 5.74) is 3.66. The molecule has 0 bridgehead atoms. The molecule has 0 radical (unpaired) electrons. The first kappa shape index (κ1) is 15.1. The van der Waals surface area contributed by atoms with Gasteiger partial charge in [0.05, 0.1) is 0 Å². The highest BCUT2D eigenvalue weighted by atomic mass is 79.9. The Kier molecular flexibility index (Phi) is 5.21. The van der Waals surface area contributed by atoms with Crippen molar-refractivity contribution in [1.82, 2.24) is 5.32 Å². The van der Waals surface area contributed by atoms with Crippen LogP contribution >= 0.6 is 15.9 Å². The summed E-state index contributed by atoms with van der Waals surface area (Å²) in [5.74, 6) is 1.77. The van der Waals surface area contributed by atoms with Crippen molar-refractivity contribution in [3.63, 3.8) is 0 Å². The number of ether oxygens (including phenoxy) is 1.